The number of methoxy groups -OCH3 is 6. The Morgan fingerprint density at radius 1 is 0.323 bits per heavy atom. The molecule has 314 valence electrons. The molecule has 0 N–H and O–H groups in total. The van der Waals surface area contributed by atoms with Gasteiger partial charge in [-0.25, -0.2) is 0 Å². The van der Waals surface area contributed by atoms with Crippen LogP contribution in [0.3, 0.4) is 0 Å². The smallest absolute Gasteiger partial charge is 0.203 e. The number of hydrogen-bond donors (Lipinski definition) is 0. The van der Waals surface area contributed by atoms with Crippen molar-refractivity contribution in [3.05, 3.63) is 156 Å². The zero-order valence-corrected chi connectivity index (χ0v) is 38.8. The van der Waals surface area contributed by atoms with Crippen LogP contribution in [0.2, 0.25) is 0 Å². The van der Waals surface area contributed by atoms with E-state index in [4.69, 9.17) is 28.4 Å². The normalized spacial score (nSPS) is 11.4. The molecule has 6 nitrogen and oxygen atoms in total. The van der Waals surface area contributed by atoms with Crippen LogP contribution in [-0.4, -0.2) is 42.7 Å². The summed E-state index contributed by atoms with van der Waals surface area (Å²) in [6.07, 6.45) is 0. The quantitative estimate of drug-likeness (QED) is 0.108. The third-order valence-corrected chi connectivity index (χ3v) is 16.1. The monoisotopic (exact) mass is 858 g/mol. The van der Waals surface area contributed by atoms with Crippen LogP contribution in [0.15, 0.2) is 133 Å². The van der Waals surface area contributed by atoms with Gasteiger partial charge in [-0.2, -0.15) is 0 Å². The average Bonchev–Trinajstić information content (AvgIpc) is 3.27. The number of benzene rings is 8. The number of hydrogen-bond acceptors (Lipinski definition) is 6. The fourth-order valence-corrected chi connectivity index (χ4v) is 14.2. The molecule has 0 heterocycles. The van der Waals surface area contributed by atoms with Gasteiger partial charge >= 0.3 is 0 Å². The largest absolute Gasteiger partial charge is 0.493 e. The van der Waals surface area contributed by atoms with E-state index in [0.29, 0.717) is 34.5 Å². The predicted molar refractivity (Wildman–Crippen MR) is 263 cm³/mol. The van der Waals surface area contributed by atoms with Crippen LogP contribution in [-0.2, 0) is 0 Å². The zero-order valence-electron chi connectivity index (χ0n) is 37.0. The maximum absolute atomic E-state index is 6.04. The van der Waals surface area contributed by atoms with E-state index in [9.17, 15) is 0 Å². The molecular weight excluding hydrogens is 807 g/mol. The molecule has 0 unspecified atom stereocenters. The van der Waals surface area contributed by atoms with Crippen LogP contribution < -0.4 is 60.2 Å². The molecule has 0 amide bonds. The minimum Gasteiger partial charge on any atom is -0.493 e. The molecule has 0 aliphatic heterocycles. The first-order valence-corrected chi connectivity index (χ1v) is 23.2. The van der Waals surface area contributed by atoms with Crippen LogP contribution in [0.25, 0.3) is 32.7 Å². The molecule has 0 saturated heterocycles. The molecule has 0 fully saturated rings. The van der Waals surface area contributed by atoms with E-state index in [1.165, 1.54) is 60.1 Å². The number of rotatable bonds is 13. The van der Waals surface area contributed by atoms with Gasteiger partial charge in [0.25, 0.3) is 0 Å². The third kappa shape index (κ3) is 7.95. The summed E-state index contributed by atoms with van der Waals surface area (Å²) in [5.41, 5.74) is 7.38. The lowest BCUT2D eigenvalue weighted by Crippen LogP contribution is -2.27. The van der Waals surface area contributed by atoms with Gasteiger partial charge in [-0.3, -0.25) is 0 Å². The van der Waals surface area contributed by atoms with Crippen molar-refractivity contribution in [1.82, 2.24) is 0 Å². The summed E-state index contributed by atoms with van der Waals surface area (Å²) in [6.45, 7) is 8.82. The summed E-state index contributed by atoms with van der Waals surface area (Å²) >= 11 is 0. The van der Waals surface area contributed by atoms with Crippen LogP contribution in [0, 0.1) is 27.7 Å². The van der Waals surface area contributed by atoms with Crippen LogP contribution in [0.4, 0.5) is 0 Å². The molecule has 0 saturated carbocycles. The Labute approximate surface area is 367 Å². The summed E-state index contributed by atoms with van der Waals surface area (Å²) in [4.78, 5) is 0. The van der Waals surface area contributed by atoms with Gasteiger partial charge in [0.2, 0.25) is 11.5 Å². The van der Waals surface area contributed by atoms with E-state index in [0.717, 1.165) is 26.7 Å². The fraction of sp³-hybridized carbons (Fsp3) is 0.185. The minimum atomic E-state index is -1.43. The highest BCUT2D eigenvalue weighted by Gasteiger charge is 2.31. The molecule has 8 heteroatoms. The van der Waals surface area contributed by atoms with Crippen molar-refractivity contribution in [3.63, 3.8) is 0 Å². The molecule has 8 aromatic rings. The van der Waals surface area contributed by atoms with Gasteiger partial charge in [0.15, 0.2) is 23.0 Å². The van der Waals surface area contributed by atoms with Crippen molar-refractivity contribution in [2.75, 3.05) is 42.7 Å². The first-order chi connectivity index (χ1) is 30.1. The van der Waals surface area contributed by atoms with E-state index < -0.39 is 15.8 Å². The summed E-state index contributed by atoms with van der Waals surface area (Å²) in [7, 11) is 7.41. The SMILES string of the molecule is COc1cc(P(c2cc(OC)c(OC)c(OC)c2)c2ccc3ccccc3c2-c2c(P(c3cc(C)cc(C)c3)c3cc(C)cc(C)c3)ccc3ccccc23)cc(OC)c1OC. The first kappa shape index (κ1) is 42.6. The Hall–Kier alpha value is -6.06. The maximum Gasteiger partial charge on any atom is 0.203 e. The standard InChI is InChI=1S/C54H52O6P2/c1-33-23-34(2)26-39(25-33)61(40-27-35(3)24-36(4)28-40)49-21-19-37-15-11-13-17-43(37)51(49)52-44-18-14-12-16-38(44)20-22-50(52)62(41-29-45(55-5)53(59-9)46(30-41)56-6)42-31-47(57-7)54(60-10)48(32-42)58-8/h11-32H,1-10H3. The van der Waals surface area contributed by atoms with Gasteiger partial charge in [0, 0.05) is 0 Å². The number of aryl methyl sites for hydroxylation is 4. The second kappa shape index (κ2) is 18.1. The summed E-state index contributed by atoms with van der Waals surface area (Å²) < 4.78 is 35.9. The van der Waals surface area contributed by atoms with E-state index >= 15 is 0 Å². The van der Waals surface area contributed by atoms with Gasteiger partial charge in [-0.1, -0.05) is 131 Å². The summed E-state index contributed by atoms with van der Waals surface area (Å²) in [5.74, 6) is 3.35. The van der Waals surface area contributed by atoms with E-state index in [2.05, 4.69) is 161 Å². The highest BCUT2D eigenvalue weighted by molar-refractivity contribution is 7.81. The van der Waals surface area contributed by atoms with Crippen molar-refractivity contribution in [2.24, 2.45) is 0 Å². The molecule has 0 atom stereocenters. The fourth-order valence-electron chi connectivity index (χ4n) is 8.82. The molecular formula is C54H52O6P2. The topological polar surface area (TPSA) is 55.4 Å². The molecule has 0 radical (unpaired) electrons. The molecule has 0 spiro atoms. The van der Waals surface area contributed by atoms with Crippen molar-refractivity contribution in [2.45, 2.75) is 27.7 Å². The molecule has 0 aliphatic carbocycles. The lowest BCUT2D eigenvalue weighted by Gasteiger charge is -2.29. The average molecular weight is 859 g/mol. The molecule has 8 rings (SSSR count). The number of ether oxygens (including phenoxy) is 6. The molecule has 8 aromatic carbocycles. The highest BCUT2D eigenvalue weighted by Crippen LogP contribution is 2.50. The second-order valence-electron chi connectivity index (χ2n) is 15.5. The van der Waals surface area contributed by atoms with Gasteiger partial charge in [-0.05, 0) is 132 Å². The van der Waals surface area contributed by atoms with Crippen molar-refractivity contribution in [1.29, 1.82) is 0 Å². The Morgan fingerprint density at radius 2 is 0.629 bits per heavy atom. The lowest BCUT2D eigenvalue weighted by atomic mass is 9.93. The van der Waals surface area contributed by atoms with Gasteiger partial charge in [0.1, 0.15) is 0 Å². The predicted octanol–water partition coefficient (Wildman–Crippen LogP) is 10.5. The minimum absolute atomic E-state index is 0.529. The van der Waals surface area contributed by atoms with Gasteiger partial charge in [0.05, 0.1) is 42.7 Å². The Balaban J connectivity index is 1.57. The summed E-state index contributed by atoms with van der Waals surface area (Å²) in [6, 6.07) is 49.2. The zero-order chi connectivity index (χ0) is 43.7. The second-order valence-corrected chi connectivity index (χ2v) is 19.9. The molecule has 0 aliphatic rings. The van der Waals surface area contributed by atoms with E-state index in [-0.39, 0.29) is 0 Å². The van der Waals surface area contributed by atoms with Crippen LogP contribution >= 0.6 is 15.8 Å². The van der Waals surface area contributed by atoms with Crippen molar-refractivity contribution in [3.8, 4) is 45.6 Å². The van der Waals surface area contributed by atoms with E-state index in [1.807, 2.05) is 0 Å². The Kier molecular flexibility index (Phi) is 12.5. The lowest BCUT2D eigenvalue weighted by molar-refractivity contribution is 0.325. The first-order valence-electron chi connectivity index (χ1n) is 20.5. The van der Waals surface area contributed by atoms with Crippen molar-refractivity contribution < 1.29 is 28.4 Å². The van der Waals surface area contributed by atoms with Crippen LogP contribution in [0.5, 0.6) is 34.5 Å². The number of fused-ring (bicyclic) bond motifs is 2. The van der Waals surface area contributed by atoms with Crippen molar-refractivity contribution >= 4 is 69.2 Å². The highest BCUT2D eigenvalue weighted by atomic mass is 31.1. The molecule has 0 aromatic heterocycles. The van der Waals surface area contributed by atoms with Gasteiger partial charge in [-0.15, -0.1) is 0 Å². The Morgan fingerprint density at radius 3 is 0.935 bits per heavy atom. The summed E-state index contributed by atoms with van der Waals surface area (Å²) in [5, 5.41) is 11.7. The molecule has 0 bridgehead atoms. The Bertz CT molecular complexity index is 2750. The maximum atomic E-state index is 6.04. The third-order valence-electron chi connectivity index (χ3n) is 11.3. The molecule has 62 heavy (non-hydrogen) atoms. The van der Waals surface area contributed by atoms with Crippen LogP contribution in [0.1, 0.15) is 22.3 Å². The van der Waals surface area contributed by atoms with Gasteiger partial charge < -0.3 is 28.4 Å². The van der Waals surface area contributed by atoms with E-state index in [1.54, 1.807) is 42.7 Å².